The van der Waals surface area contributed by atoms with Crippen LogP contribution >= 0.6 is 0 Å². The summed E-state index contributed by atoms with van der Waals surface area (Å²) >= 11 is 0. The Morgan fingerprint density at radius 3 is 2.84 bits per heavy atom. The van der Waals surface area contributed by atoms with Crippen molar-refractivity contribution in [2.24, 2.45) is 0 Å². The van der Waals surface area contributed by atoms with Crippen LogP contribution in [0.3, 0.4) is 0 Å². The first-order valence-corrected chi connectivity index (χ1v) is 8.76. The number of anilines is 2. The van der Waals surface area contributed by atoms with Crippen LogP contribution in [0, 0.1) is 6.92 Å². The van der Waals surface area contributed by atoms with E-state index in [-0.39, 0.29) is 12.1 Å². The number of rotatable bonds is 4. The highest BCUT2D eigenvalue weighted by atomic mass is 16.5. The Kier molecular flexibility index (Phi) is 4.25. The number of carbonyl (C=O) groups is 1. The lowest BCUT2D eigenvalue weighted by molar-refractivity contribution is 0.246. The lowest BCUT2D eigenvalue weighted by atomic mass is 10.1. The van der Waals surface area contributed by atoms with Crippen molar-refractivity contribution in [2.45, 2.75) is 44.6 Å². The lowest BCUT2D eigenvalue weighted by Gasteiger charge is -2.33. The summed E-state index contributed by atoms with van der Waals surface area (Å²) in [4.78, 5) is 23.1. The van der Waals surface area contributed by atoms with E-state index in [4.69, 9.17) is 4.52 Å². The molecular weight excluding hydrogens is 320 g/mol. The van der Waals surface area contributed by atoms with Gasteiger partial charge in [-0.25, -0.2) is 14.8 Å². The van der Waals surface area contributed by atoms with E-state index in [9.17, 15) is 4.79 Å². The van der Waals surface area contributed by atoms with Gasteiger partial charge in [0.25, 0.3) is 0 Å². The second kappa shape index (κ2) is 6.70. The minimum absolute atomic E-state index is 0.0575. The third kappa shape index (κ3) is 3.57. The largest absolute Gasteiger partial charge is 0.359 e. The molecule has 1 saturated heterocycles. The van der Waals surface area contributed by atoms with Crippen LogP contribution in [-0.4, -0.2) is 40.3 Å². The lowest BCUT2D eigenvalue weighted by Crippen LogP contribution is -2.49. The number of nitrogens with one attached hydrogen (secondary N) is 2. The average molecular weight is 342 g/mol. The Morgan fingerprint density at radius 1 is 1.28 bits per heavy atom. The number of urea groups is 1. The summed E-state index contributed by atoms with van der Waals surface area (Å²) in [7, 11) is 0. The van der Waals surface area contributed by atoms with Crippen LogP contribution < -0.4 is 15.5 Å². The van der Waals surface area contributed by atoms with Crippen molar-refractivity contribution in [3.8, 4) is 0 Å². The number of amides is 2. The van der Waals surface area contributed by atoms with E-state index < -0.39 is 0 Å². The molecular formula is C17H22N6O2. The summed E-state index contributed by atoms with van der Waals surface area (Å²) in [5, 5.41) is 9.97. The summed E-state index contributed by atoms with van der Waals surface area (Å²) in [5.74, 6) is 1.91. The Bertz CT molecular complexity index is 743. The maximum Gasteiger partial charge on any atom is 0.319 e. The van der Waals surface area contributed by atoms with Gasteiger partial charge in [-0.15, -0.1) is 0 Å². The van der Waals surface area contributed by atoms with Gasteiger partial charge < -0.3 is 20.1 Å². The molecule has 8 heteroatoms. The topological polar surface area (TPSA) is 96.2 Å². The molecule has 1 atom stereocenters. The molecule has 0 aromatic carbocycles. The zero-order valence-corrected chi connectivity index (χ0v) is 14.2. The highest BCUT2D eigenvalue weighted by molar-refractivity contribution is 5.90. The van der Waals surface area contributed by atoms with Gasteiger partial charge in [-0.1, -0.05) is 5.16 Å². The Morgan fingerprint density at radius 2 is 2.08 bits per heavy atom. The van der Waals surface area contributed by atoms with Crippen molar-refractivity contribution in [3.05, 3.63) is 29.9 Å². The third-order valence-corrected chi connectivity index (χ3v) is 4.67. The van der Waals surface area contributed by atoms with E-state index in [0.717, 1.165) is 49.4 Å². The van der Waals surface area contributed by atoms with Gasteiger partial charge in [-0.3, -0.25) is 0 Å². The average Bonchev–Trinajstić information content (AvgIpc) is 3.41. The number of aryl methyl sites for hydroxylation is 1. The standard InChI is InChI=1S/C17H22N6O2/c1-11-14(15(25-22-11)12-5-6-12)21-17(24)20-13-4-2-9-23(10-13)16-18-7-3-8-19-16/h3,7-8,12-13H,2,4-6,9-10H2,1H3,(H2,20,21,24). The summed E-state index contributed by atoms with van der Waals surface area (Å²) in [6, 6.07) is 1.64. The molecule has 2 aromatic heterocycles. The highest BCUT2D eigenvalue weighted by Gasteiger charge is 2.32. The molecule has 1 saturated carbocycles. The Hall–Kier alpha value is -2.64. The van der Waals surface area contributed by atoms with Gasteiger partial charge in [0, 0.05) is 37.4 Å². The molecule has 0 bridgehead atoms. The second-order valence-corrected chi connectivity index (χ2v) is 6.71. The van der Waals surface area contributed by atoms with Crippen LogP contribution in [0.4, 0.5) is 16.4 Å². The van der Waals surface area contributed by atoms with Gasteiger partial charge >= 0.3 is 6.03 Å². The number of piperidine rings is 1. The number of nitrogens with zero attached hydrogens (tertiary/aromatic N) is 4. The van der Waals surface area contributed by atoms with Crippen molar-refractivity contribution in [1.29, 1.82) is 0 Å². The van der Waals surface area contributed by atoms with Crippen molar-refractivity contribution < 1.29 is 9.32 Å². The Labute approximate surface area is 146 Å². The maximum atomic E-state index is 12.4. The molecule has 4 rings (SSSR count). The molecule has 132 valence electrons. The molecule has 0 spiro atoms. The van der Waals surface area contributed by atoms with E-state index in [1.54, 1.807) is 18.5 Å². The van der Waals surface area contributed by atoms with Crippen LogP contribution in [0.15, 0.2) is 23.0 Å². The van der Waals surface area contributed by atoms with E-state index in [1.807, 2.05) is 6.92 Å². The fourth-order valence-electron chi connectivity index (χ4n) is 3.23. The van der Waals surface area contributed by atoms with Gasteiger partial charge in [-0.05, 0) is 38.7 Å². The van der Waals surface area contributed by atoms with Crippen molar-refractivity contribution in [1.82, 2.24) is 20.4 Å². The number of hydrogen-bond donors (Lipinski definition) is 2. The van der Waals surface area contributed by atoms with Gasteiger partial charge in [0.05, 0.1) is 0 Å². The predicted octanol–water partition coefficient (Wildman–Crippen LogP) is 2.44. The molecule has 1 aliphatic heterocycles. The van der Waals surface area contributed by atoms with E-state index in [1.165, 1.54) is 0 Å². The zero-order chi connectivity index (χ0) is 17.2. The van der Waals surface area contributed by atoms with Crippen molar-refractivity contribution >= 4 is 17.7 Å². The summed E-state index contributed by atoms with van der Waals surface area (Å²) in [5.41, 5.74) is 1.44. The van der Waals surface area contributed by atoms with E-state index in [2.05, 4.69) is 30.7 Å². The molecule has 2 amide bonds. The normalized spacial score (nSPS) is 20.4. The first-order chi connectivity index (χ1) is 12.2. The predicted molar refractivity (Wildman–Crippen MR) is 92.6 cm³/mol. The van der Waals surface area contributed by atoms with Crippen molar-refractivity contribution in [2.75, 3.05) is 23.3 Å². The molecule has 1 unspecified atom stereocenters. The van der Waals surface area contributed by atoms with Crippen LogP contribution in [-0.2, 0) is 0 Å². The van der Waals surface area contributed by atoms with Gasteiger partial charge in [0.1, 0.15) is 11.4 Å². The fraction of sp³-hybridized carbons (Fsp3) is 0.529. The molecule has 25 heavy (non-hydrogen) atoms. The first-order valence-electron chi connectivity index (χ1n) is 8.76. The third-order valence-electron chi connectivity index (χ3n) is 4.67. The zero-order valence-electron chi connectivity index (χ0n) is 14.2. The highest BCUT2D eigenvalue weighted by Crippen LogP contribution is 2.44. The van der Waals surface area contributed by atoms with Crippen molar-refractivity contribution in [3.63, 3.8) is 0 Å². The fourth-order valence-corrected chi connectivity index (χ4v) is 3.23. The monoisotopic (exact) mass is 342 g/mol. The summed E-state index contributed by atoms with van der Waals surface area (Å²) in [6.07, 6.45) is 7.59. The molecule has 2 fully saturated rings. The molecule has 0 radical (unpaired) electrons. The second-order valence-electron chi connectivity index (χ2n) is 6.71. The minimum Gasteiger partial charge on any atom is -0.359 e. The van der Waals surface area contributed by atoms with Gasteiger partial charge in [0.2, 0.25) is 5.95 Å². The SMILES string of the molecule is Cc1noc(C2CC2)c1NC(=O)NC1CCCN(c2ncccn2)C1. The Balaban J connectivity index is 1.37. The number of hydrogen-bond acceptors (Lipinski definition) is 6. The molecule has 3 heterocycles. The summed E-state index contributed by atoms with van der Waals surface area (Å²) in [6.45, 7) is 3.45. The molecule has 2 N–H and O–H groups in total. The molecule has 2 aromatic rings. The smallest absolute Gasteiger partial charge is 0.319 e. The van der Waals surface area contributed by atoms with Crippen LogP contribution in [0.25, 0.3) is 0 Å². The van der Waals surface area contributed by atoms with E-state index in [0.29, 0.717) is 18.4 Å². The summed E-state index contributed by atoms with van der Waals surface area (Å²) < 4.78 is 5.37. The van der Waals surface area contributed by atoms with E-state index >= 15 is 0 Å². The minimum atomic E-state index is -0.214. The first kappa shape index (κ1) is 15.9. The quantitative estimate of drug-likeness (QED) is 0.886. The number of aromatic nitrogens is 3. The van der Waals surface area contributed by atoms with Crippen LogP contribution in [0.2, 0.25) is 0 Å². The molecule has 8 nitrogen and oxygen atoms in total. The van der Waals surface area contributed by atoms with Gasteiger partial charge in [-0.2, -0.15) is 0 Å². The molecule has 2 aliphatic rings. The van der Waals surface area contributed by atoms with Gasteiger partial charge in [0.15, 0.2) is 5.76 Å². The van der Waals surface area contributed by atoms with Crippen LogP contribution in [0.1, 0.15) is 43.1 Å². The number of carbonyl (C=O) groups excluding carboxylic acids is 1. The van der Waals surface area contributed by atoms with Crippen LogP contribution in [0.5, 0.6) is 0 Å². The maximum absolute atomic E-state index is 12.4. The molecule has 1 aliphatic carbocycles.